The van der Waals surface area contributed by atoms with Crippen LogP contribution in [0.25, 0.3) is 33.7 Å². The van der Waals surface area contributed by atoms with Crippen molar-refractivity contribution in [1.29, 1.82) is 5.26 Å². The van der Waals surface area contributed by atoms with Gasteiger partial charge in [-0.15, -0.1) is 10.2 Å². The maximum Gasteiger partial charge on any atom is 0.209 e. The molecule has 3 aromatic carbocycles. The summed E-state index contributed by atoms with van der Waals surface area (Å²) in [6.07, 6.45) is 0.750. The van der Waals surface area contributed by atoms with Crippen molar-refractivity contribution >= 4 is 34.8 Å². The lowest BCUT2D eigenvalue weighted by Gasteiger charge is -2.10. The van der Waals surface area contributed by atoms with Gasteiger partial charge in [-0.05, 0) is 24.3 Å². The number of aromatic nitrogens is 5. The van der Waals surface area contributed by atoms with E-state index >= 15 is 0 Å². The monoisotopic (exact) mass is 523 g/mol. The van der Waals surface area contributed by atoms with Crippen LogP contribution in [0.1, 0.15) is 5.82 Å². The highest BCUT2D eigenvalue weighted by Crippen LogP contribution is 2.29. The first-order valence-electron chi connectivity index (χ1n) is 11.6. The number of aliphatic hydroxyl groups excluding tert-OH is 1. The van der Waals surface area contributed by atoms with E-state index in [0.29, 0.717) is 16.8 Å². The minimum atomic E-state index is -0.0783. The largest absolute Gasteiger partial charge is 0.510 e. The maximum absolute atomic E-state index is 10.8. The van der Waals surface area contributed by atoms with Crippen molar-refractivity contribution in [2.45, 2.75) is 5.16 Å². The van der Waals surface area contributed by atoms with Crippen LogP contribution in [0.15, 0.2) is 95.8 Å². The molecule has 2 aromatic heterocycles. The number of allylic oxidation sites excluding steroid dienone is 1. The van der Waals surface area contributed by atoms with Gasteiger partial charge in [-0.1, -0.05) is 72.4 Å². The van der Waals surface area contributed by atoms with Gasteiger partial charge in [0.2, 0.25) is 6.41 Å². The number of rotatable bonds is 7. The van der Waals surface area contributed by atoms with Crippen molar-refractivity contribution in [1.82, 2.24) is 29.6 Å². The first-order valence-corrected chi connectivity index (χ1v) is 12.6. The van der Waals surface area contributed by atoms with Gasteiger partial charge < -0.3 is 15.0 Å². The van der Waals surface area contributed by atoms with Crippen LogP contribution in [0.5, 0.6) is 0 Å². The Kier molecular flexibility index (Phi) is 8.53. The minimum absolute atomic E-state index is 0.0783. The Morgan fingerprint density at radius 2 is 1.66 bits per heavy atom. The summed E-state index contributed by atoms with van der Waals surface area (Å²) >= 11 is 1.30. The van der Waals surface area contributed by atoms with Gasteiger partial charge in [0.1, 0.15) is 17.4 Å². The van der Waals surface area contributed by atoms with E-state index < -0.39 is 0 Å². The average molecular weight is 524 g/mol. The van der Waals surface area contributed by atoms with Gasteiger partial charge in [0.05, 0.1) is 16.8 Å². The van der Waals surface area contributed by atoms with Crippen LogP contribution in [0.3, 0.4) is 0 Å². The number of carbonyl (C=O) groups is 1. The van der Waals surface area contributed by atoms with Crippen molar-refractivity contribution in [3.8, 4) is 23.1 Å². The molecule has 5 rings (SSSR count). The molecule has 0 aliphatic heterocycles. The quantitative estimate of drug-likeness (QED) is 0.132. The molecule has 0 fully saturated rings. The molecule has 0 unspecified atom stereocenters. The number of carbonyl (C=O) groups excluding carboxylic acids is 1. The smallest absolute Gasteiger partial charge is 0.209 e. The highest BCUT2D eigenvalue weighted by atomic mass is 32.2. The number of benzene rings is 3. The lowest BCUT2D eigenvalue weighted by molar-refractivity contribution is -0.115. The van der Waals surface area contributed by atoms with Crippen molar-refractivity contribution in [3.05, 3.63) is 96.5 Å². The van der Waals surface area contributed by atoms with E-state index in [-0.39, 0.29) is 17.1 Å². The fourth-order valence-electron chi connectivity index (χ4n) is 3.48. The molecule has 38 heavy (non-hydrogen) atoms. The molecule has 0 saturated carbocycles. The van der Waals surface area contributed by atoms with Gasteiger partial charge in [-0.3, -0.25) is 9.36 Å². The third-order valence-electron chi connectivity index (χ3n) is 5.26. The topological polar surface area (TPSA) is 124 Å². The summed E-state index contributed by atoms with van der Waals surface area (Å²) in [4.78, 5) is 18.4. The van der Waals surface area contributed by atoms with Crippen LogP contribution >= 0.6 is 11.8 Å². The van der Waals surface area contributed by atoms with Crippen LogP contribution in [-0.2, 0) is 4.79 Å². The fraction of sp³-hybridized carbons (Fsp3) is 0.107. The van der Waals surface area contributed by atoms with Gasteiger partial charge in [-0.25, -0.2) is 4.98 Å². The number of imidazole rings is 1. The van der Waals surface area contributed by atoms with E-state index in [9.17, 15) is 15.2 Å². The Morgan fingerprint density at radius 3 is 2.29 bits per heavy atom. The van der Waals surface area contributed by atoms with E-state index in [1.807, 2.05) is 89.5 Å². The standard InChI is InChI=1S/C25H18N6OS.C3H7NO/c26-15-19(23-27-20-13-7-8-14-21(20)28-23)22(32)16-33-25-30-29-24(17-9-3-1-4-10-17)31(25)18-11-5-2-6-12-18;1-4(2)3-5/h1-14,32H,16H2,(H,27,28);3H,1-2H3. The number of para-hydroxylation sites is 3. The summed E-state index contributed by atoms with van der Waals surface area (Å²) in [5.74, 6) is 1.10. The second kappa shape index (κ2) is 12.4. The summed E-state index contributed by atoms with van der Waals surface area (Å²) < 4.78 is 1.94. The van der Waals surface area contributed by atoms with Crippen molar-refractivity contribution < 1.29 is 9.90 Å². The van der Waals surface area contributed by atoms with Crippen LogP contribution in [0.2, 0.25) is 0 Å². The molecule has 0 spiro atoms. The lowest BCUT2D eigenvalue weighted by atomic mass is 10.2. The zero-order valence-electron chi connectivity index (χ0n) is 20.8. The average Bonchev–Trinajstić information content (AvgIpc) is 3.58. The first-order chi connectivity index (χ1) is 18.5. The molecule has 190 valence electrons. The molecule has 9 nitrogen and oxygen atoms in total. The van der Waals surface area contributed by atoms with Gasteiger partial charge in [0.25, 0.3) is 0 Å². The van der Waals surface area contributed by atoms with Gasteiger partial charge in [0, 0.05) is 25.3 Å². The molecule has 2 N–H and O–H groups in total. The summed E-state index contributed by atoms with van der Waals surface area (Å²) in [6.45, 7) is 0. The zero-order chi connectivity index (χ0) is 26.9. The summed E-state index contributed by atoms with van der Waals surface area (Å²) in [5.41, 5.74) is 3.48. The number of fused-ring (bicyclic) bond motifs is 1. The Hall–Kier alpha value is -4.88. The van der Waals surface area contributed by atoms with Crippen molar-refractivity contribution in [2.75, 3.05) is 19.8 Å². The van der Waals surface area contributed by atoms with E-state index in [0.717, 1.165) is 28.7 Å². The fourth-order valence-corrected chi connectivity index (χ4v) is 4.31. The van der Waals surface area contributed by atoms with E-state index in [4.69, 9.17) is 0 Å². The molecule has 5 aromatic rings. The second-order valence-corrected chi connectivity index (χ2v) is 9.18. The molecular formula is C28H25N7O2S. The predicted octanol–water partition coefficient (Wildman–Crippen LogP) is 5.10. The first kappa shape index (κ1) is 26.2. The molecular weight excluding hydrogens is 498 g/mol. The number of nitrogens with one attached hydrogen (secondary N) is 1. The van der Waals surface area contributed by atoms with Gasteiger partial charge in [0.15, 0.2) is 16.8 Å². The van der Waals surface area contributed by atoms with E-state index in [1.54, 1.807) is 14.1 Å². The Labute approximate surface area is 224 Å². The number of nitrogens with zero attached hydrogens (tertiary/aromatic N) is 6. The molecule has 0 atom stereocenters. The van der Waals surface area contributed by atoms with Crippen LogP contribution in [0, 0.1) is 11.3 Å². The number of nitriles is 1. The zero-order valence-corrected chi connectivity index (χ0v) is 21.6. The molecule has 0 aliphatic carbocycles. The highest BCUT2D eigenvalue weighted by Gasteiger charge is 2.18. The number of amides is 1. The van der Waals surface area contributed by atoms with Crippen LogP contribution in [0.4, 0.5) is 0 Å². The van der Waals surface area contributed by atoms with Crippen molar-refractivity contribution in [3.63, 3.8) is 0 Å². The van der Waals surface area contributed by atoms with Gasteiger partial charge >= 0.3 is 0 Å². The minimum Gasteiger partial charge on any atom is -0.510 e. The number of aromatic amines is 1. The Bertz CT molecular complexity index is 1550. The third kappa shape index (κ3) is 6.08. The molecule has 2 heterocycles. The Morgan fingerprint density at radius 1 is 1.03 bits per heavy atom. The molecule has 0 bridgehead atoms. The van der Waals surface area contributed by atoms with E-state index in [1.165, 1.54) is 16.7 Å². The third-order valence-corrected chi connectivity index (χ3v) is 6.20. The number of hydrogen-bond acceptors (Lipinski definition) is 7. The van der Waals surface area contributed by atoms with Gasteiger partial charge in [-0.2, -0.15) is 5.26 Å². The summed E-state index contributed by atoms with van der Waals surface area (Å²) in [7, 11) is 3.38. The Balaban J connectivity index is 0.000000617. The number of H-pyrrole nitrogens is 1. The van der Waals surface area contributed by atoms with E-state index in [2.05, 4.69) is 26.2 Å². The normalized spacial score (nSPS) is 11.2. The molecule has 0 saturated heterocycles. The molecule has 10 heteroatoms. The highest BCUT2D eigenvalue weighted by molar-refractivity contribution is 7.99. The van der Waals surface area contributed by atoms with Crippen LogP contribution in [-0.4, -0.2) is 61.0 Å². The molecule has 0 aliphatic rings. The second-order valence-electron chi connectivity index (χ2n) is 8.24. The maximum atomic E-state index is 10.8. The number of aliphatic hydroxyl groups is 1. The lowest BCUT2D eigenvalue weighted by Crippen LogP contribution is -2.06. The van der Waals surface area contributed by atoms with Crippen molar-refractivity contribution in [2.24, 2.45) is 0 Å². The summed E-state index contributed by atoms with van der Waals surface area (Å²) in [5, 5.41) is 29.8. The predicted molar refractivity (Wildman–Crippen MR) is 149 cm³/mol. The number of hydrogen-bond donors (Lipinski definition) is 2. The summed E-state index contributed by atoms with van der Waals surface area (Å²) in [6, 6.07) is 29.2. The molecule has 1 amide bonds. The van der Waals surface area contributed by atoms with Crippen LogP contribution < -0.4 is 0 Å². The number of thioether (sulfide) groups is 1. The molecule has 0 radical (unpaired) electrons. The SMILES string of the molecule is CN(C)C=O.N#CC(=C(O)CSc1nnc(-c2ccccc2)n1-c1ccccc1)c1nc2ccccc2[nH]1.